The number of allylic oxidation sites excluding steroid dienone is 2. The lowest BCUT2D eigenvalue weighted by Crippen LogP contribution is -2.29. The summed E-state index contributed by atoms with van der Waals surface area (Å²) in [5.74, 6) is 2.39. The van der Waals surface area contributed by atoms with Crippen LogP contribution >= 0.6 is 15.9 Å². The maximum absolute atomic E-state index is 5.60. The van der Waals surface area contributed by atoms with Crippen LogP contribution in [0.2, 0.25) is 0 Å². The summed E-state index contributed by atoms with van der Waals surface area (Å²) in [5.41, 5.74) is 3.86. The van der Waals surface area contributed by atoms with Gasteiger partial charge in [-0.05, 0) is 56.9 Å². The average Bonchev–Trinajstić information content (AvgIpc) is 3.22. The standard InChI is InChI=1S/C24H22BrNO2/c1-27-21-13-15(12-20(25)24(21)28-2)22-18-9-5-8-17(18)19-11-10-14-6-3-4-7-16(14)23(19)26-22/h3-8,10-13,17-18,22,26H,9H2,1-2H3. The van der Waals surface area contributed by atoms with Gasteiger partial charge in [-0.25, -0.2) is 0 Å². The van der Waals surface area contributed by atoms with E-state index in [-0.39, 0.29) is 6.04 Å². The Balaban J connectivity index is 1.67. The number of anilines is 1. The summed E-state index contributed by atoms with van der Waals surface area (Å²) in [4.78, 5) is 0. The van der Waals surface area contributed by atoms with E-state index in [0.717, 1.165) is 22.4 Å². The molecular weight excluding hydrogens is 414 g/mol. The van der Waals surface area contributed by atoms with Gasteiger partial charge in [0.05, 0.1) is 24.7 Å². The van der Waals surface area contributed by atoms with Gasteiger partial charge in [0, 0.05) is 17.0 Å². The Labute approximate surface area is 173 Å². The number of rotatable bonds is 3. The lowest BCUT2D eigenvalue weighted by atomic mass is 9.76. The van der Waals surface area contributed by atoms with Gasteiger partial charge in [0.1, 0.15) is 0 Å². The van der Waals surface area contributed by atoms with Crippen LogP contribution in [-0.2, 0) is 0 Å². The van der Waals surface area contributed by atoms with Crippen molar-refractivity contribution in [2.75, 3.05) is 19.5 Å². The first kappa shape index (κ1) is 17.6. The third kappa shape index (κ3) is 2.62. The third-order valence-electron chi connectivity index (χ3n) is 6.08. The van der Waals surface area contributed by atoms with Gasteiger partial charge in [-0.2, -0.15) is 0 Å². The second-order valence-electron chi connectivity index (χ2n) is 7.46. The Kier molecular flexibility index (Phi) is 4.31. The topological polar surface area (TPSA) is 30.5 Å². The van der Waals surface area contributed by atoms with Crippen LogP contribution in [-0.4, -0.2) is 14.2 Å². The number of hydrogen-bond acceptors (Lipinski definition) is 3. The second-order valence-corrected chi connectivity index (χ2v) is 8.32. The number of nitrogens with one attached hydrogen (secondary N) is 1. The van der Waals surface area contributed by atoms with E-state index < -0.39 is 0 Å². The minimum atomic E-state index is 0.203. The molecule has 1 heterocycles. The maximum Gasteiger partial charge on any atom is 0.174 e. The van der Waals surface area contributed by atoms with Crippen LogP contribution in [0.15, 0.2) is 65.2 Å². The van der Waals surface area contributed by atoms with Crippen molar-refractivity contribution in [2.45, 2.75) is 18.4 Å². The van der Waals surface area contributed by atoms with Crippen LogP contribution < -0.4 is 14.8 Å². The molecule has 0 saturated carbocycles. The van der Waals surface area contributed by atoms with Crippen LogP contribution in [0.4, 0.5) is 5.69 Å². The number of halogens is 1. The summed E-state index contributed by atoms with van der Waals surface area (Å²) in [6, 6.07) is 17.6. The Morgan fingerprint density at radius 2 is 1.89 bits per heavy atom. The molecule has 3 unspecified atom stereocenters. The number of ether oxygens (including phenoxy) is 2. The molecule has 0 spiro atoms. The van der Waals surface area contributed by atoms with Crippen LogP contribution in [0.3, 0.4) is 0 Å². The van der Waals surface area contributed by atoms with E-state index in [2.05, 4.69) is 81.9 Å². The summed E-state index contributed by atoms with van der Waals surface area (Å²) in [6.07, 6.45) is 5.77. The van der Waals surface area contributed by atoms with Gasteiger partial charge >= 0.3 is 0 Å². The highest BCUT2D eigenvalue weighted by Crippen LogP contribution is 2.52. The van der Waals surface area contributed by atoms with E-state index >= 15 is 0 Å². The summed E-state index contributed by atoms with van der Waals surface area (Å²) in [5, 5.41) is 6.43. The maximum atomic E-state index is 5.60. The molecule has 1 aliphatic heterocycles. The Morgan fingerprint density at radius 1 is 1.04 bits per heavy atom. The summed E-state index contributed by atoms with van der Waals surface area (Å²) < 4.78 is 12.0. The molecule has 3 nitrogen and oxygen atoms in total. The predicted octanol–water partition coefficient (Wildman–Crippen LogP) is 6.45. The van der Waals surface area contributed by atoms with E-state index in [1.807, 2.05) is 0 Å². The largest absolute Gasteiger partial charge is 0.493 e. The molecule has 2 aliphatic rings. The molecule has 28 heavy (non-hydrogen) atoms. The van der Waals surface area contributed by atoms with Crippen molar-refractivity contribution < 1.29 is 9.47 Å². The number of hydrogen-bond donors (Lipinski definition) is 1. The third-order valence-corrected chi connectivity index (χ3v) is 6.67. The lowest BCUT2D eigenvalue weighted by Gasteiger charge is -2.38. The van der Waals surface area contributed by atoms with E-state index in [4.69, 9.17) is 9.47 Å². The molecule has 5 rings (SSSR count). The smallest absolute Gasteiger partial charge is 0.174 e. The molecule has 0 aromatic heterocycles. The minimum absolute atomic E-state index is 0.203. The van der Waals surface area contributed by atoms with E-state index in [1.165, 1.54) is 27.6 Å². The molecule has 3 aromatic carbocycles. The van der Waals surface area contributed by atoms with Crippen molar-refractivity contribution in [2.24, 2.45) is 5.92 Å². The first-order valence-electron chi connectivity index (χ1n) is 9.57. The van der Waals surface area contributed by atoms with Gasteiger partial charge in [-0.15, -0.1) is 0 Å². The molecule has 0 bridgehead atoms. The number of benzene rings is 3. The SMILES string of the molecule is COc1cc(C2Nc3c(ccc4ccccc34)C3C=CCC32)cc(Br)c1OC. The molecule has 0 radical (unpaired) electrons. The summed E-state index contributed by atoms with van der Waals surface area (Å²) >= 11 is 3.66. The van der Waals surface area contributed by atoms with Crippen molar-refractivity contribution in [1.82, 2.24) is 0 Å². The van der Waals surface area contributed by atoms with Crippen molar-refractivity contribution in [3.63, 3.8) is 0 Å². The highest BCUT2D eigenvalue weighted by molar-refractivity contribution is 9.10. The van der Waals surface area contributed by atoms with Crippen molar-refractivity contribution in [3.05, 3.63) is 76.3 Å². The Hall–Kier alpha value is -2.46. The van der Waals surface area contributed by atoms with Gasteiger partial charge < -0.3 is 14.8 Å². The van der Waals surface area contributed by atoms with Crippen LogP contribution in [0, 0.1) is 5.92 Å². The fourth-order valence-electron chi connectivity index (χ4n) is 4.79. The molecule has 1 aliphatic carbocycles. The first-order chi connectivity index (χ1) is 13.7. The molecule has 142 valence electrons. The minimum Gasteiger partial charge on any atom is -0.493 e. The van der Waals surface area contributed by atoms with Gasteiger partial charge in [-0.1, -0.05) is 48.6 Å². The fourth-order valence-corrected chi connectivity index (χ4v) is 5.41. The molecule has 0 fully saturated rings. The van der Waals surface area contributed by atoms with E-state index in [0.29, 0.717) is 11.8 Å². The number of methoxy groups -OCH3 is 2. The Morgan fingerprint density at radius 3 is 2.71 bits per heavy atom. The number of fused-ring (bicyclic) bond motifs is 5. The monoisotopic (exact) mass is 435 g/mol. The lowest BCUT2D eigenvalue weighted by molar-refractivity contribution is 0.351. The first-order valence-corrected chi connectivity index (χ1v) is 10.4. The predicted molar refractivity (Wildman–Crippen MR) is 118 cm³/mol. The van der Waals surface area contributed by atoms with Gasteiger partial charge in [-0.3, -0.25) is 0 Å². The zero-order chi connectivity index (χ0) is 19.3. The molecule has 0 amide bonds. The molecule has 0 saturated heterocycles. The van der Waals surface area contributed by atoms with Crippen molar-refractivity contribution >= 4 is 32.4 Å². The summed E-state index contributed by atoms with van der Waals surface area (Å²) in [6.45, 7) is 0. The van der Waals surface area contributed by atoms with Crippen LogP contribution in [0.1, 0.15) is 29.5 Å². The second kappa shape index (κ2) is 6.85. The molecule has 3 atom stereocenters. The Bertz CT molecular complexity index is 1090. The van der Waals surface area contributed by atoms with Crippen molar-refractivity contribution in [3.8, 4) is 11.5 Å². The van der Waals surface area contributed by atoms with Gasteiger partial charge in [0.15, 0.2) is 11.5 Å². The highest BCUT2D eigenvalue weighted by atomic mass is 79.9. The van der Waals surface area contributed by atoms with E-state index in [1.54, 1.807) is 14.2 Å². The normalized spacial score (nSPS) is 22.5. The molecule has 1 N–H and O–H groups in total. The average molecular weight is 436 g/mol. The van der Waals surface area contributed by atoms with Gasteiger partial charge in [0.25, 0.3) is 0 Å². The highest BCUT2D eigenvalue weighted by Gasteiger charge is 2.38. The zero-order valence-corrected chi connectivity index (χ0v) is 17.5. The molecule has 4 heteroatoms. The van der Waals surface area contributed by atoms with Gasteiger partial charge in [0.2, 0.25) is 0 Å². The van der Waals surface area contributed by atoms with Crippen LogP contribution in [0.5, 0.6) is 11.5 Å². The molecular formula is C24H22BrNO2. The quantitative estimate of drug-likeness (QED) is 0.479. The van der Waals surface area contributed by atoms with E-state index in [9.17, 15) is 0 Å². The van der Waals surface area contributed by atoms with Crippen molar-refractivity contribution in [1.29, 1.82) is 0 Å². The molecule has 3 aromatic rings. The van der Waals surface area contributed by atoms with Crippen LogP contribution in [0.25, 0.3) is 10.8 Å². The fraction of sp³-hybridized carbons (Fsp3) is 0.250. The summed E-state index contributed by atoms with van der Waals surface area (Å²) in [7, 11) is 3.35. The zero-order valence-electron chi connectivity index (χ0n) is 15.9.